The average Bonchev–Trinajstić information content (AvgIpc) is 2.27. The highest BCUT2D eigenvalue weighted by molar-refractivity contribution is 6.32. The fourth-order valence-corrected chi connectivity index (χ4v) is 1.43. The lowest BCUT2D eigenvalue weighted by atomic mass is 10.2. The van der Waals surface area contributed by atoms with E-state index in [9.17, 15) is 4.79 Å². The number of hydrogen-bond donors (Lipinski definition) is 2. The Labute approximate surface area is 99.7 Å². The molecule has 0 atom stereocenters. The summed E-state index contributed by atoms with van der Waals surface area (Å²) in [7, 11) is 0. The lowest BCUT2D eigenvalue weighted by molar-refractivity contribution is 0.0956. The van der Waals surface area contributed by atoms with Gasteiger partial charge >= 0.3 is 0 Å². The first-order chi connectivity index (χ1) is 7.69. The fourth-order valence-electron chi connectivity index (χ4n) is 1.19. The topological polar surface area (TPSA) is 64.3 Å². The van der Waals surface area contributed by atoms with Crippen molar-refractivity contribution in [2.45, 2.75) is 6.92 Å². The number of hydrogen-bond acceptors (Lipinski definition) is 3. The standard InChI is InChI=1S/C11H15ClN2O2/c1-2-14-11(15)8-3-4-10(9(12)7-8)16-6-5-13/h3-4,7H,2,5-6,13H2,1H3,(H,14,15). The van der Waals surface area contributed by atoms with Crippen molar-refractivity contribution in [1.82, 2.24) is 5.32 Å². The molecular weight excluding hydrogens is 228 g/mol. The van der Waals surface area contributed by atoms with E-state index in [1.165, 1.54) is 0 Å². The monoisotopic (exact) mass is 242 g/mol. The van der Waals surface area contributed by atoms with Crippen molar-refractivity contribution < 1.29 is 9.53 Å². The molecule has 0 unspecified atom stereocenters. The van der Waals surface area contributed by atoms with Crippen LogP contribution in [0.15, 0.2) is 18.2 Å². The van der Waals surface area contributed by atoms with Crippen molar-refractivity contribution in [1.29, 1.82) is 0 Å². The van der Waals surface area contributed by atoms with Gasteiger partial charge in [0.05, 0.1) is 5.02 Å². The minimum Gasteiger partial charge on any atom is -0.491 e. The number of nitrogens with two attached hydrogens (primary N) is 1. The fraction of sp³-hybridized carbons (Fsp3) is 0.364. The summed E-state index contributed by atoms with van der Waals surface area (Å²) in [5, 5.41) is 3.11. The smallest absolute Gasteiger partial charge is 0.251 e. The molecule has 1 amide bonds. The number of rotatable bonds is 5. The van der Waals surface area contributed by atoms with Crippen LogP contribution in [0, 0.1) is 0 Å². The number of ether oxygens (including phenoxy) is 1. The molecule has 0 saturated heterocycles. The Morgan fingerprint density at radius 2 is 2.31 bits per heavy atom. The summed E-state index contributed by atoms with van der Waals surface area (Å²) in [4.78, 5) is 11.5. The molecule has 0 radical (unpaired) electrons. The zero-order valence-corrected chi connectivity index (χ0v) is 9.88. The van der Waals surface area contributed by atoms with Crippen LogP contribution in [0.1, 0.15) is 17.3 Å². The van der Waals surface area contributed by atoms with Gasteiger partial charge in [0.2, 0.25) is 0 Å². The highest BCUT2D eigenvalue weighted by Gasteiger charge is 2.08. The molecule has 1 aromatic rings. The molecule has 0 aliphatic rings. The van der Waals surface area contributed by atoms with Crippen LogP contribution in [-0.2, 0) is 0 Å². The van der Waals surface area contributed by atoms with E-state index in [1.54, 1.807) is 18.2 Å². The minimum absolute atomic E-state index is 0.144. The number of carbonyl (C=O) groups excluding carboxylic acids is 1. The Bertz CT molecular complexity index is 369. The average molecular weight is 243 g/mol. The van der Waals surface area contributed by atoms with E-state index in [0.717, 1.165) is 0 Å². The van der Waals surface area contributed by atoms with Gasteiger partial charge in [-0.2, -0.15) is 0 Å². The third-order valence-electron chi connectivity index (χ3n) is 1.91. The second-order valence-electron chi connectivity index (χ2n) is 3.14. The Morgan fingerprint density at radius 3 is 2.88 bits per heavy atom. The van der Waals surface area contributed by atoms with Crippen molar-refractivity contribution >= 4 is 17.5 Å². The largest absolute Gasteiger partial charge is 0.491 e. The van der Waals surface area contributed by atoms with Crippen LogP contribution in [0.25, 0.3) is 0 Å². The third kappa shape index (κ3) is 3.40. The van der Waals surface area contributed by atoms with Crippen LogP contribution in [-0.4, -0.2) is 25.6 Å². The van der Waals surface area contributed by atoms with Crippen molar-refractivity contribution in [2.24, 2.45) is 5.73 Å². The number of carbonyl (C=O) groups is 1. The summed E-state index contributed by atoms with van der Waals surface area (Å²) in [6.45, 7) is 3.27. The molecule has 0 heterocycles. The minimum atomic E-state index is -0.144. The predicted octanol–water partition coefficient (Wildman–Crippen LogP) is 1.43. The highest BCUT2D eigenvalue weighted by Crippen LogP contribution is 2.25. The molecule has 3 N–H and O–H groups in total. The number of halogens is 1. The molecule has 0 aliphatic heterocycles. The Balaban J connectivity index is 2.78. The summed E-state index contributed by atoms with van der Waals surface area (Å²) in [5.41, 5.74) is 5.83. The van der Waals surface area contributed by atoms with Crippen molar-refractivity contribution in [2.75, 3.05) is 19.7 Å². The molecule has 0 fully saturated rings. The van der Waals surface area contributed by atoms with Crippen LogP contribution in [0.5, 0.6) is 5.75 Å². The SMILES string of the molecule is CCNC(=O)c1ccc(OCCN)c(Cl)c1. The van der Waals surface area contributed by atoms with E-state index >= 15 is 0 Å². The van der Waals surface area contributed by atoms with E-state index in [0.29, 0.717) is 36.0 Å². The lowest BCUT2D eigenvalue weighted by Gasteiger charge is -2.08. The third-order valence-corrected chi connectivity index (χ3v) is 2.20. The summed E-state index contributed by atoms with van der Waals surface area (Å²) < 4.78 is 5.29. The normalized spacial score (nSPS) is 9.94. The van der Waals surface area contributed by atoms with Crippen molar-refractivity contribution in [3.8, 4) is 5.75 Å². The first-order valence-electron chi connectivity index (χ1n) is 5.09. The second kappa shape index (κ2) is 6.35. The number of amides is 1. The van der Waals surface area contributed by atoms with Gasteiger partial charge in [-0.15, -0.1) is 0 Å². The summed E-state index contributed by atoms with van der Waals surface area (Å²) in [6, 6.07) is 4.92. The molecule has 1 aromatic carbocycles. The maximum absolute atomic E-state index is 11.5. The van der Waals surface area contributed by atoms with Gasteiger partial charge in [0, 0.05) is 18.7 Å². The molecule has 0 aromatic heterocycles. The van der Waals surface area contributed by atoms with Crippen LogP contribution >= 0.6 is 11.6 Å². The molecule has 4 nitrogen and oxygen atoms in total. The van der Waals surface area contributed by atoms with Gasteiger partial charge in [-0.25, -0.2) is 0 Å². The maximum atomic E-state index is 11.5. The Hall–Kier alpha value is -1.26. The first-order valence-corrected chi connectivity index (χ1v) is 5.47. The predicted molar refractivity (Wildman–Crippen MR) is 64.0 cm³/mol. The van der Waals surface area contributed by atoms with Gasteiger partial charge in [-0.05, 0) is 25.1 Å². The van der Waals surface area contributed by atoms with Crippen LogP contribution < -0.4 is 15.8 Å². The molecular formula is C11H15ClN2O2. The van der Waals surface area contributed by atoms with E-state index in [2.05, 4.69) is 5.32 Å². The van der Waals surface area contributed by atoms with Crippen molar-refractivity contribution in [3.05, 3.63) is 28.8 Å². The van der Waals surface area contributed by atoms with E-state index in [4.69, 9.17) is 22.1 Å². The number of benzene rings is 1. The van der Waals surface area contributed by atoms with Gasteiger partial charge in [0.1, 0.15) is 12.4 Å². The Morgan fingerprint density at radius 1 is 1.56 bits per heavy atom. The summed E-state index contributed by atoms with van der Waals surface area (Å²) >= 11 is 5.96. The molecule has 1 rings (SSSR count). The zero-order chi connectivity index (χ0) is 12.0. The van der Waals surface area contributed by atoms with Gasteiger partial charge in [0.15, 0.2) is 0 Å². The van der Waals surface area contributed by atoms with Crippen LogP contribution in [0.3, 0.4) is 0 Å². The zero-order valence-electron chi connectivity index (χ0n) is 9.13. The highest BCUT2D eigenvalue weighted by atomic mass is 35.5. The molecule has 0 spiro atoms. The second-order valence-corrected chi connectivity index (χ2v) is 3.55. The maximum Gasteiger partial charge on any atom is 0.251 e. The molecule has 5 heteroatoms. The van der Waals surface area contributed by atoms with E-state index < -0.39 is 0 Å². The molecule has 0 bridgehead atoms. The van der Waals surface area contributed by atoms with Crippen molar-refractivity contribution in [3.63, 3.8) is 0 Å². The Kier molecular flexibility index (Phi) is 5.08. The van der Waals surface area contributed by atoms with Gasteiger partial charge in [-0.3, -0.25) is 4.79 Å². The molecule has 88 valence electrons. The van der Waals surface area contributed by atoms with E-state index in [-0.39, 0.29) is 5.91 Å². The molecule has 0 saturated carbocycles. The lowest BCUT2D eigenvalue weighted by Crippen LogP contribution is -2.22. The van der Waals surface area contributed by atoms with Gasteiger partial charge in [0.25, 0.3) is 5.91 Å². The van der Waals surface area contributed by atoms with Crippen LogP contribution in [0.2, 0.25) is 5.02 Å². The molecule has 16 heavy (non-hydrogen) atoms. The van der Waals surface area contributed by atoms with Crippen LogP contribution in [0.4, 0.5) is 0 Å². The van der Waals surface area contributed by atoms with Gasteiger partial charge in [-0.1, -0.05) is 11.6 Å². The molecule has 0 aliphatic carbocycles. The number of nitrogens with one attached hydrogen (secondary N) is 1. The van der Waals surface area contributed by atoms with E-state index in [1.807, 2.05) is 6.92 Å². The summed E-state index contributed by atoms with van der Waals surface area (Å²) in [5.74, 6) is 0.398. The van der Waals surface area contributed by atoms with Gasteiger partial charge < -0.3 is 15.8 Å². The summed E-state index contributed by atoms with van der Waals surface area (Å²) in [6.07, 6.45) is 0. The quantitative estimate of drug-likeness (QED) is 0.821. The first kappa shape index (κ1) is 12.8.